The number of nitrogens with two attached hydrogens (primary N) is 1. The number of carbonyl (C=O) groups is 3. The van der Waals surface area contributed by atoms with E-state index in [4.69, 9.17) is 31.9 Å². The van der Waals surface area contributed by atoms with Gasteiger partial charge in [0.05, 0.1) is 47.6 Å². The zero-order valence-electron chi connectivity index (χ0n) is 18.8. The Bertz CT molecular complexity index is 1060. The standard InChI is InChI=1S/C23H27ClN4O6/c1-33-19-10-17(25)16(24)9-15(19)22(30)27-18-7-8-28(11-20(18)34-2)12-21(29)26-14-5-3-13(4-6-14)23(31)32/h3-6,9-10,18,20H,7-8,11-12,25H2,1-2H3,(H,26,29)(H,27,30)(H,31,32)/t18-,20+/m1/s1. The minimum Gasteiger partial charge on any atom is -0.496 e. The average Bonchev–Trinajstić information content (AvgIpc) is 2.81. The Kier molecular flexibility index (Phi) is 8.32. The highest BCUT2D eigenvalue weighted by atomic mass is 35.5. The van der Waals surface area contributed by atoms with Crippen molar-refractivity contribution in [3.8, 4) is 5.75 Å². The number of aromatic carboxylic acids is 1. The minimum absolute atomic E-state index is 0.128. The van der Waals surface area contributed by atoms with Crippen LogP contribution in [-0.4, -0.2) is 73.8 Å². The monoisotopic (exact) mass is 490 g/mol. The largest absolute Gasteiger partial charge is 0.496 e. The van der Waals surface area contributed by atoms with Crippen molar-refractivity contribution in [1.82, 2.24) is 10.2 Å². The van der Waals surface area contributed by atoms with Gasteiger partial charge in [-0.3, -0.25) is 14.5 Å². The van der Waals surface area contributed by atoms with Crippen LogP contribution < -0.4 is 21.1 Å². The molecule has 34 heavy (non-hydrogen) atoms. The maximum Gasteiger partial charge on any atom is 0.335 e. The molecule has 0 aliphatic carbocycles. The van der Waals surface area contributed by atoms with Gasteiger partial charge in [-0.05, 0) is 36.8 Å². The molecule has 0 saturated carbocycles. The Morgan fingerprint density at radius 2 is 1.91 bits per heavy atom. The lowest BCUT2D eigenvalue weighted by atomic mass is 10.0. The summed E-state index contributed by atoms with van der Waals surface area (Å²) in [6.45, 7) is 1.13. The van der Waals surface area contributed by atoms with Crippen molar-refractivity contribution >= 4 is 40.8 Å². The first-order valence-electron chi connectivity index (χ1n) is 10.5. The van der Waals surface area contributed by atoms with Gasteiger partial charge >= 0.3 is 5.97 Å². The third-order valence-corrected chi connectivity index (χ3v) is 5.94. The van der Waals surface area contributed by atoms with Gasteiger partial charge in [-0.25, -0.2) is 4.79 Å². The minimum atomic E-state index is -1.03. The van der Waals surface area contributed by atoms with E-state index in [-0.39, 0.29) is 46.7 Å². The fraction of sp³-hybridized carbons (Fsp3) is 0.348. The number of carboxylic acids is 1. The normalized spacial score (nSPS) is 18.2. The van der Waals surface area contributed by atoms with E-state index in [1.54, 1.807) is 19.2 Å². The summed E-state index contributed by atoms with van der Waals surface area (Å²) in [7, 11) is 3.00. The van der Waals surface area contributed by atoms with Crippen LogP contribution >= 0.6 is 11.6 Å². The van der Waals surface area contributed by atoms with E-state index in [2.05, 4.69) is 10.6 Å². The molecule has 2 aromatic rings. The topological polar surface area (TPSA) is 143 Å². The summed E-state index contributed by atoms with van der Waals surface area (Å²) < 4.78 is 10.8. The van der Waals surface area contributed by atoms with Crippen molar-refractivity contribution in [2.24, 2.45) is 0 Å². The molecule has 2 aromatic carbocycles. The highest BCUT2D eigenvalue weighted by Crippen LogP contribution is 2.29. The number of rotatable bonds is 8. The maximum atomic E-state index is 12.9. The summed E-state index contributed by atoms with van der Waals surface area (Å²) in [4.78, 5) is 38.2. The van der Waals surface area contributed by atoms with E-state index in [0.29, 0.717) is 36.6 Å². The quantitative estimate of drug-likeness (QED) is 0.412. The van der Waals surface area contributed by atoms with Crippen molar-refractivity contribution in [3.05, 3.63) is 52.5 Å². The van der Waals surface area contributed by atoms with Crippen molar-refractivity contribution in [2.45, 2.75) is 18.6 Å². The summed E-state index contributed by atoms with van der Waals surface area (Å²) >= 11 is 6.08. The first-order valence-corrected chi connectivity index (χ1v) is 10.9. The van der Waals surface area contributed by atoms with Gasteiger partial charge in [-0.1, -0.05) is 11.6 Å². The number of hydrogen-bond donors (Lipinski definition) is 4. The molecule has 1 saturated heterocycles. The zero-order valence-corrected chi connectivity index (χ0v) is 19.6. The molecule has 5 N–H and O–H groups in total. The van der Waals surface area contributed by atoms with Gasteiger partial charge < -0.3 is 30.9 Å². The maximum absolute atomic E-state index is 12.9. The predicted molar refractivity (Wildman–Crippen MR) is 128 cm³/mol. The highest BCUT2D eigenvalue weighted by Gasteiger charge is 2.32. The number of benzene rings is 2. The van der Waals surface area contributed by atoms with Crippen LogP contribution in [0.5, 0.6) is 5.75 Å². The van der Waals surface area contributed by atoms with E-state index in [1.807, 2.05) is 4.90 Å². The molecule has 0 unspecified atom stereocenters. The number of carbonyl (C=O) groups excluding carboxylic acids is 2. The van der Waals surface area contributed by atoms with Crippen LogP contribution in [0.3, 0.4) is 0 Å². The second-order valence-corrected chi connectivity index (χ2v) is 8.29. The molecule has 0 radical (unpaired) electrons. The number of nitrogens with zero attached hydrogens (tertiary/aromatic N) is 1. The first kappa shape index (κ1) is 25.3. The van der Waals surface area contributed by atoms with Crippen LogP contribution in [0.1, 0.15) is 27.1 Å². The summed E-state index contributed by atoms with van der Waals surface area (Å²) in [5.41, 5.74) is 7.03. The van der Waals surface area contributed by atoms with Crippen molar-refractivity contribution in [1.29, 1.82) is 0 Å². The molecule has 3 rings (SSSR count). The molecular formula is C23H27ClN4O6. The van der Waals surface area contributed by atoms with Crippen LogP contribution in [0, 0.1) is 0 Å². The molecular weight excluding hydrogens is 464 g/mol. The average molecular weight is 491 g/mol. The fourth-order valence-corrected chi connectivity index (χ4v) is 3.95. The third kappa shape index (κ3) is 6.16. The number of ether oxygens (including phenoxy) is 2. The number of amides is 2. The number of halogens is 1. The van der Waals surface area contributed by atoms with E-state index in [9.17, 15) is 14.4 Å². The molecule has 1 fully saturated rings. The molecule has 1 aliphatic heterocycles. The summed E-state index contributed by atoms with van der Waals surface area (Å²) in [5, 5.41) is 14.9. The van der Waals surface area contributed by atoms with E-state index in [0.717, 1.165) is 0 Å². The fourth-order valence-electron chi connectivity index (χ4n) is 3.79. The number of carboxylic acid groups (broad SMARTS) is 1. The van der Waals surface area contributed by atoms with E-state index >= 15 is 0 Å². The molecule has 1 aliphatic rings. The predicted octanol–water partition coefficient (Wildman–Crippen LogP) is 2.09. The summed E-state index contributed by atoms with van der Waals surface area (Å²) in [5.74, 6) is -1.31. The lowest BCUT2D eigenvalue weighted by Gasteiger charge is -2.37. The highest BCUT2D eigenvalue weighted by molar-refractivity contribution is 6.33. The van der Waals surface area contributed by atoms with Gasteiger partial charge in [0, 0.05) is 32.0 Å². The van der Waals surface area contributed by atoms with Gasteiger partial charge in [0.1, 0.15) is 5.75 Å². The Labute approximate surface area is 202 Å². The number of nitrogen functional groups attached to an aromatic ring is 1. The number of hydrogen-bond acceptors (Lipinski definition) is 7. The Morgan fingerprint density at radius 3 is 2.53 bits per heavy atom. The van der Waals surface area contributed by atoms with E-state index < -0.39 is 5.97 Å². The molecule has 11 heteroatoms. The molecule has 0 aromatic heterocycles. The Balaban J connectivity index is 1.57. The van der Waals surface area contributed by atoms with Crippen molar-refractivity contribution < 1.29 is 29.0 Å². The summed E-state index contributed by atoms with van der Waals surface area (Å²) in [6.07, 6.45) is 0.228. The van der Waals surface area contributed by atoms with Crippen LogP contribution in [0.25, 0.3) is 0 Å². The van der Waals surface area contributed by atoms with Crippen LogP contribution in [0.2, 0.25) is 5.02 Å². The SMILES string of the molecule is COc1cc(N)c(Cl)cc1C(=O)N[C@@H]1CCN(CC(=O)Nc2ccc(C(=O)O)cc2)C[C@@H]1OC. The van der Waals surface area contributed by atoms with Crippen LogP contribution in [0.4, 0.5) is 11.4 Å². The first-order chi connectivity index (χ1) is 16.2. The lowest BCUT2D eigenvalue weighted by Crippen LogP contribution is -2.55. The molecule has 0 bridgehead atoms. The number of piperidine rings is 1. The molecule has 182 valence electrons. The number of anilines is 2. The van der Waals surface area contributed by atoms with Gasteiger partial charge in [-0.15, -0.1) is 0 Å². The van der Waals surface area contributed by atoms with E-state index in [1.165, 1.54) is 31.4 Å². The number of nitrogens with one attached hydrogen (secondary N) is 2. The molecule has 2 atom stereocenters. The molecule has 1 heterocycles. The van der Waals surface area contributed by atoms with Gasteiger partial charge in [0.15, 0.2) is 0 Å². The Morgan fingerprint density at radius 1 is 1.21 bits per heavy atom. The molecule has 10 nitrogen and oxygen atoms in total. The van der Waals surface area contributed by atoms with Gasteiger partial charge in [0.2, 0.25) is 5.91 Å². The smallest absolute Gasteiger partial charge is 0.335 e. The lowest BCUT2D eigenvalue weighted by molar-refractivity contribution is -0.118. The molecule has 0 spiro atoms. The second kappa shape index (κ2) is 11.2. The van der Waals surface area contributed by atoms with Gasteiger partial charge in [-0.2, -0.15) is 0 Å². The van der Waals surface area contributed by atoms with Crippen LogP contribution in [-0.2, 0) is 9.53 Å². The summed E-state index contributed by atoms with van der Waals surface area (Å²) in [6, 6.07) is 8.63. The Hall–Kier alpha value is -3.34. The van der Waals surface area contributed by atoms with Crippen molar-refractivity contribution in [2.75, 3.05) is 44.9 Å². The molecule has 2 amide bonds. The van der Waals surface area contributed by atoms with Gasteiger partial charge in [0.25, 0.3) is 5.91 Å². The zero-order chi connectivity index (χ0) is 24.8. The third-order valence-electron chi connectivity index (χ3n) is 5.61. The number of likely N-dealkylation sites (tertiary alicyclic amines) is 1. The number of methoxy groups -OCH3 is 2. The van der Waals surface area contributed by atoms with Crippen molar-refractivity contribution in [3.63, 3.8) is 0 Å². The second-order valence-electron chi connectivity index (χ2n) is 7.88. The van der Waals surface area contributed by atoms with Crippen LogP contribution in [0.15, 0.2) is 36.4 Å².